The van der Waals surface area contributed by atoms with Gasteiger partial charge in [-0.05, 0) is 24.1 Å². The van der Waals surface area contributed by atoms with Gasteiger partial charge in [0.15, 0.2) is 5.78 Å². The Bertz CT molecular complexity index is 444. The second-order valence-electron chi connectivity index (χ2n) is 3.97. The highest BCUT2D eigenvalue weighted by molar-refractivity contribution is 5.91. The quantitative estimate of drug-likeness (QED) is 0.671. The van der Waals surface area contributed by atoms with E-state index in [-0.39, 0.29) is 11.9 Å². The number of carbonyl (C=O) groups is 1. The van der Waals surface area contributed by atoms with Gasteiger partial charge in [0.05, 0.1) is 0 Å². The predicted molar refractivity (Wildman–Crippen MR) is 66.1 cm³/mol. The highest BCUT2D eigenvalue weighted by Crippen LogP contribution is 2.21. The topological polar surface area (TPSA) is 56.4 Å². The first-order valence-corrected chi connectivity index (χ1v) is 5.45. The molecular formula is C12H16N4O. The third-order valence-corrected chi connectivity index (χ3v) is 2.62. The first-order valence-electron chi connectivity index (χ1n) is 5.45. The van der Waals surface area contributed by atoms with Crippen LogP contribution in [0.5, 0.6) is 0 Å². The number of rotatable bonds is 3. The summed E-state index contributed by atoms with van der Waals surface area (Å²) < 4.78 is 0. The van der Waals surface area contributed by atoms with Crippen molar-refractivity contribution in [2.75, 3.05) is 7.05 Å². The second kappa shape index (κ2) is 5.20. The molecule has 5 heteroatoms. The number of carbonyl (C=O) groups excluding carboxylic acids is 1. The fraction of sp³-hybridized carbons (Fsp3) is 0.250. The van der Waals surface area contributed by atoms with Crippen molar-refractivity contribution < 1.29 is 4.79 Å². The molecule has 2 rings (SSSR count). The molecule has 0 radical (unpaired) electrons. The third kappa shape index (κ3) is 2.78. The van der Waals surface area contributed by atoms with Gasteiger partial charge in [0.25, 0.3) is 0 Å². The van der Waals surface area contributed by atoms with E-state index in [0.29, 0.717) is 0 Å². The van der Waals surface area contributed by atoms with Crippen molar-refractivity contribution in [2.24, 2.45) is 0 Å². The van der Waals surface area contributed by atoms with Gasteiger partial charge in [-0.1, -0.05) is 30.3 Å². The minimum absolute atomic E-state index is 0.0304. The number of hydrogen-bond donors (Lipinski definition) is 3. The van der Waals surface area contributed by atoms with Crippen molar-refractivity contribution >= 4 is 11.9 Å². The molecule has 1 saturated heterocycles. The summed E-state index contributed by atoms with van der Waals surface area (Å²) >= 11 is 0. The maximum Gasteiger partial charge on any atom is 0.152 e. The summed E-state index contributed by atoms with van der Waals surface area (Å²) in [4.78, 5) is 11.0. The molecule has 1 aromatic carbocycles. The van der Waals surface area contributed by atoms with E-state index in [1.165, 1.54) is 0 Å². The van der Waals surface area contributed by atoms with Gasteiger partial charge in [-0.25, -0.2) is 10.4 Å². The highest BCUT2D eigenvalue weighted by atomic mass is 16.1. The maximum atomic E-state index is 11.0. The zero-order valence-electron chi connectivity index (χ0n) is 9.90. The first kappa shape index (κ1) is 11.9. The summed E-state index contributed by atoms with van der Waals surface area (Å²) in [5.41, 5.74) is 11.0. The van der Waals surface area contributed by atoms with Gasteiger partial charge < -0.3 is 0 Å². The van der Waals surface area contributed by atoms with Crippen molar-refractivity contribution in [1.29, 1.82) is 0 Å². The lowest BCUT2D eigenvalue weighted by atomic mass is 10.0. The summed E-state index contributed by atoms with van der Waals surface area (Å²) in [6, 6.07) is 7.96. The molecule has 90 valence electrons. The van der Waals surface area contributed by atoms with Crippen LogP contribution < -0.4 is 16.5 Å². The highest BCUT2D eigenvalue weighted by Gasteiger charge is 2.22. The van der Waals surface area contributed by atoms with Crippen LogP contribution in [0.2, 0.25) is 0 Å². The van der Waals surface area contributed by atoms with Crippen LogP contribution in [0.4, 0.5) is 0 Å². The number of nitrogens with zero attached hydrogens (tertiary/aromatic N) is 1. The fourth-order valence-electron chi connectivity index (χ4n) is 1.76. The first-order chi connectivity index (χ1) is 8.18. The second-order valence-corrected chi connectivity index (χ2v) is 3.97. The lowest BCUT2D eigenvalue weighted by Gasteiger charge is -2.19. The Labute approximate surface area is 100 Å². The van der Waals surface area contributed by atoms with Gasteiger partial charge in [0.2, 0.25) is 0 Å². The predicted octanol–water partition coefficient (Wildman–Crippen LogP) is 0.747. The zero-order valence-corrected chi connectivity index (χ0v) is 9.90. The molecule has 1 unspecified atom stereocenters. The largest absolute Gasteiger partial charge is 0.295 e. The molecule has 1 atom stereocenters. The Morgan fingerprint density at radius 3 is 2.82 bits per heavy atom. The summed E-state index contributed by atoms with van der Waals surface area (Å²) in [5.74, 6) is 0.0452. The molecule has 0 bridgehead atoms. The van der Waals surface area contributed by atoms with E-state index in [0.717, 1.165) is 11.1 Å². The Hall–Kier alpha value is -1.53. The van der Waals surface area contributed by atoms with Crippen molar-refractivity contribution in [2.45, 2.75) is 13.1 Å². The average Bonchev–Trinajstić information content (AvgIpc) is 2.73. The van der Waals surface area contributed by atoms with Crippen molar-refractivity contribution in [1.82, 2.24) is 21.5 Å². The molecule has 0 aliphatic carbocycles. The van der Waals surface area contributed by atoms with Gasteiger partial charge in [0.1, 0.15) is 6.17 Å². The van der Waals surface area contributed by atoms with E-state index in [1.807, 2.05) is 42.4 Å². The molecule has 0 aromatic heterocycles. The molecule has 1 aliphatic rings. The number of nitrogens with one attached hydrogen (secondary N) is 3. The van der Waals surface area contributed by atoms with Crippen LogP contribution in [0, 0.1) is 0 Å². The van der Waals surface area contributed by atoms with Crippen LogP contribution in [-0.2, 0) is 4.79 Å². The lowest BCUT2D eigenvalue weighted by Crippen LogP contribution is -2.34. The SMILES string of the molecule is CC(=O)C=Cc1ccccc1C1NNNN1C. The monoisotopic (exact) mass is 232 g/mol. The molecule has 1 aromatic rings. The van der Waals surface area contributed by atoms with E-state index < -0.39 is 0 Å². The van der Waals surface area contributed by atoms with Crippen LogP contribution in [0.15, 0.2) is 30.3 Å². The number of hydrogen-bond acceptors (Lipinski definition) is 5. The molecule has 1 aliphatic heterocycles. The summed E-state index contributed by atoms with van der Waals surface area (Å²) in [7, 11) is 1.93. The lowest BCUT2D eigenvalue weighted by molar-refractivity contribution is -0.112. The van der Waals surface area contributed by atoms with Gasteiger partial charge in [-0.15, -0.1) is 0 Å². The third-order valence-electron chi connectivity index (χ3n) is 2.62. The van der Waals surface area contributed by atoms with Crippen molar-refractivity contribution in [3.63, 3.8) is 0 Å². The Morgan fingerprint density at radius 2 is 2.18 bits per heavy atom. The van der Waals surface area contributed by atoms with Gasteiger partial charge in [-0.2, -0.15) is 11.1 Å². The average molecular weight is 232 g/mol. The Morgan fingerprint density at radius 1 is 1.41 bits per heavy atom. The fourth-order valence-corrected chi connectivity index (χ4v) is 1.76. The number of allylic oxidation sites excluding steroid dienone is 1. The van der Waals surface area contributed by atoms with Crippen LogP contribution in [0.1, 0.15) is 24.2 Å². The van der Waals surface area contributed by atoms with E-state index in [9.17, 15) is 4.79 Å². The van der Waals surface area contributed by atoms with Crippen LogP contribution in [0.3, 0.4) is 0 Å². The molecule has 3 N–H and O–H groups in total. The van der Waals surface area contributed by atoms with E-state index >= 15 is 0 Å². The van der Waals surface area contributed by atoms with Crippen molar-refractivity contribution in [3.8, 4) is 0 Å². The Balaban J connectivity index is 2.30. The molecule has 1 heterocycles. The molecule has 17 heavy (non-hydrogen) atoms. The minimum Gasteiger partial charge on any atom is -0.295 e. The summed E-state index contributed by atoms with van der Waals surface area (Å²) in [6.45, 7) is 1.54. The van der Waals surface area contributed by atoms with Gasteiger partial charge in [0, 0.05) is 7.05 Å². The molecule has 5 nitrogen and oxygen atoms in total. The normalized spacial score (nSPS) is 21.2. The number of ketones is 1. The molecule has 0 saturated carbocycles. The number of hydrazine groups is 3. The summed E-state index contributed by atoms with van der Waals surface area (Å²) in [5, 5.41) is 1.92. The summed E-state index contributed by atoms with van der Waals surface area (Å²) in [6.07, 6.45) is 3.45. The van der Waals surface area contributed by atoms with Crippen molar-refractivity contribution in [3.05, 3.63) is 41.5 Å². The van der Waals surface area contributed by atoms with Crippen LogP contribution in [-0.4, -0.2) is 17.8 Å². The van der Waals surface area contributed by atoms with E-state index in [1.54, 1.807) is 13.0 Å². The number of benzene rings is 1. The van der Waals surface area contributed by atoms with Crippen LogP contribution in [0.25, 0.3) is 6.08 Å². The van der Waals surface area contributed by atoms with E-state index in [4.69, 9.17) is 0 Å². The molecule has 0 spiro atoms. The van der Waals surface area contributed by atoms with Crippen LogP contribution >= 0.6 is 0 Å². The van der Waals surface area contributed by atoms with E-state index in [2.05, 4.69) is 16.5 Å². The van der Waals surface area contributed by atoms with Gasteiger partial charge in [-0.3, -0.25) is 4.79 Å². The molecule has 1 fully saturated rings. The standard InChI is InChI=1S/C12H16N4O/c1-9(17)7-8-10-5-3-4-6-11(10)12-13-14-15-16(12)2/h3-8,12-15H,1-2H3. The maximum absolute atomic E-state index is 11.0. The minimum atomic E-state index is 0.0304. The molecular weight excluding hydrogens is 216 g/mol. The van der Waals surface area contributed by atoms with Gasteiger partial charge >= 0.3 is 0 Å². The molecule has 0 amide bonds. The zero-order chi connectivity index (χ0) is 12.3. The Kier molecular flexibility index (Phi) is 3.65. The smallest absolute Gasteiger partial charge is 0.152 e.